The molecule has 0 bridgehead atoms. The van der Waals surface area contributed by atoms with Gasteiger partial charge in [0.2, 0.25) is 0 Å². The van der Waals surface area contributed by atoms with Crippen LogP contribution in [-0.2, 0) is 15.5 Å². The summed E-state index contributed by atoms with van der Waals surface area (Å²) in [6, 6.07) is 0.378. The van der Waals surface area contributed by atoms with Crippen molar-refractivity contribution in [2.45, 2.75) is 88.5 Å². The SMILES string of the molecule is CCS(=O)C1CCCC(NC(=NC)NCCOC2CCCCCC2)C1. The van der Waals surface area contributed by atoms with Gasteiger partial charge in [0.05, 0.1) is 12.7 Å². The highest BCUT2D eigenvalue weighted by molar-refractivity contribution is 7.85. The van der Waals surface area contributed by atoms with Gasteiger partial charge in [0, 0.05) is 41.4 Å². The minimum absolute atomic E-state index is 0.341. The fourth-order valence-electron chi connectivity index (χ4n) is 3.94. The van der Waals surface area contributed by atoms with Crippen molar-refractivity contribution in [2.24, 2.45) is 4.99 Å². The molecule has 2 saturated carbocycles. The molecule has 0 spiro atoms. The largest absolute Gasteiger partial charge is 0.376 e. The van der Waals surface area contributed by atoms with Crippen LogP contribution in [-0.4, -0.2) is 53.5 Å². The summed E-state index contributed by atoms with van der Waals surface area (Å²) < 4.78 is 18.1. The molecular weight excluding hydrogens is 334 g/mol. The summed E-state index contributed by atoms with van der Waals surface area (Å²) in [7, 11) is 1.13. The maximum absolute atomic E-state index is 12.1. The van der Waals surface area contributed by atoms with Gasteiger partial charge in [-0.1, -0.05) is 39.0 Å². The van der Waals surface area contributed by atoms with Gasteiger partial charge >= 0.3 is 0 Å². The van der Waals surface area contributed by atoms with Gasteiger partial charge in [-0.05, 0) is 32.1 Å². The normalized spacial score (nSPS) is 27.5. The van der Waals surface area contributed by atoms with E-state index in [4.69, 9.17) is 4.74 Å². The van der Waals surface area contributed by atoms with Gasteiger partial charge in [-0.15, -0.1) is 0 Å². The van der Waals surface area contributed by atoms with Gasteiger partial charge in [-0.3, -0.25) is 9.20 Å². The van der Waals surface area contributed by atoms with Crippen LogP contribution in [0.1, 0.15) is 71.1 Å². The third-order valence-electron chi connectivity index (χ3n) is 5.40. The summed E-state index contributed by atoms with van der Waals surface area (Å²) in [5, 5.41) is 7.22. The first kappa shape index (κ1) is 20.7. The third kappa shape index (κ3) is 7.65. The molecule has 0 heterocycles. The van der Waals surface area contributed by atoms with Crippen molar-refractivity contribution in [1.82, 2.24) is 10.6 Å². The predicted molar refractivity (Wildman–Crippen MR) is 107 cm³/mol. The van der Waals surface area contributed by atoms with E-state index in [0.29, 0.717) is 17.4 Å². The number of ether oxygens (including phenoxy) is 1. The average molecular weight is 372 g/mol. The molecule has 2 N–H and O–H groups in total. The van der Waals surface area contributed by atoms with Crippen LogP contribution in [0.15, 0.2) is 4.99 Å². The summed E-state index contributed by atoms with van der Waals surface area (Å²) >= 11 is 0. The Labute approximate surface area is 156 Å². The van der Waals surface area contributed by atoms with Crippen molar-refractivity contribution >= 4 is 16.8 Å². The number of hydrogen-bond donors (Lipinski definition) is 2. The van der Waals surface area contributed by atoms with Crippen LogP contribution in [0.3, 0.4) is 0 Å². The topological polar surface area (TPSA) is 62.7 Å². The summed E-state index contributed by atoms with van der Waals surface area (Å²) in [5.74, 6) is 1.61. The molecule has 146 valence electrons. The molecule has 0 aromatic carbocycles. The molecule has 3 atom stereocenters. The van der Waals surface area contributed by atoms with E-state index < -0.39 is 10.8 Å². The fraction of sp³-hybridized carbons (Fsp3) is 0.947. The molecule has 2 aliphatic carbocycles. The molecule has 25 heavy (non-hydrogen) atoms. The number of guanidine groups is 1. The monoisotopic (exact) mass is 371 g/mol. The second-order valence-electron chi connectivity index (χ2n) is 7.28. The lowest BCUT2D eigenvalue weighted by Crippen LogP contribution is -2.47. The fourth-order valence-corrected chi connectivity index (χ4v) is 5.29. The quantitative estimate of drug-likeness (QED) is 0.313. The first-order valence-electron chi connectivity index (χ1n) is 10.2. The number of aliphatic imine (C=N–C) groups is 1. The van der Waals surface area contributed by atoms with E-state index >= 15 is 0 Å². The summed E-state index contributed by atoms with van der Waals surface area (Å²) in [4.78, 5) is 4.33. The first-order chi connectivity index (χ1) is 12.2. The first-order valence-corrected chi connectivity index (χ1v) is 11.6. The minimum atomic E-state index is -0.682. The van der Waals surface area contributed by atoms with Crippen molar-refractivity contribution < 1.29 is 8.95 Å². The lowest BCUT2D eigenvalue weighted by atomic mass is 9.95. The van der Waals surface area contributed by atoms with Crippen LogP contribution >= 0.6 is 0 Å². The van der Waals surface area contributed by atoms with Crippen LogP contribution < -0.4 is 10.6 Å². The maximum Gasteiger partial charge on any atom is 0.191 e. The maximum atomic E-state index is 12.1. The van der Waals surface area contributed by atoms with E-state index in [0.717, 1.165) is 50.5 Å². The Bertz CT molecular complexity index is 423. The molecule has 5 nitrogen and oxygen atoms in total. The predicted octanol–water partition coefficient (Wildman–Crippen LogP) is 2.97. The van der Waals surface area contributed by atoms with Crippen LogP contribution in [0.4, 0.5) is 0 Å². The van der Waals surface area contributed by atoms with Crippen molar-refractivity contribution in [3.8, 4) is 0 Å². The Morgan fingerprint density at radius 1 is 1.12 bits per heavy atom. The van der Waals surface area contributed by atoms with Gasteiger partial charge in [0.15, 0.2) is 5.96 Å². The minimum Gasteiger partial charge on any atom is -0.376 e. The third-order valence-corrected chi connectivity index (χ3v) is 7.14. The summed E-state index contributed by atoms with van der Waals surface area (Å²) in [5.41, 5.74) is 0. The Hall–Kier alpha value is -0.620. The number of nitrogens with one attached hydrogen (secondary N) is 2. The number of hydrogen-bond acceptors (Lipinski definition) is 3. The van der Waals surface area contributed by atoms with Crippen LogP contribution in [0.25, 0.3) is 0 Å². The van der Waals surface area contributed by atoms with Crippen LogP contribution in [0.2, 0.25) is 0 Å². The molecule has 0 aromatic heterocycles. The second-order valence-corrected chi connectivity index (χ2v) is 9.29. The van der Waals surface area contributed by atoms with Crippen LogP contribution in [0, 0.1) is 0 Å². The smallest absolute Gasteiger partial charge is 0.191 e. The number of rotatable bonds is 7. The Kier molecular flexibility index (Phi) is 9.84. The molecule has 0 saturated heterocycles. The zero-order chi connectivity index (χ0) is 17.9. The van der Waals surface area contributed by atoms with Crippen molar-refractivity contribution in [2.75, 3.05) is 26.0 Å². The summed E-state index contributed by atoms with van der Waals surface area (Å²) in [6.45, 7) is 3.54. The van der Waals surface area contributed by atoms with E-state index in [2.05, 4.69) is 15.6 Å². The molecule has 0 amide bonds. The Morgan fingerprint density at radius 3 is 2.56 bits per heavy atom. The second kappa shape index (κ2) is 11.9. The van der Waals surface area contributed by atoms with Gasteiger partial charge in [-0.25, -0.2) is 0 Å². The highest BCUT2D eigenvalue weighted by atomic mass is 32.2. The Morgan fingerprint density at radius 2 is 1.88 bits per heavy atom. The van der Waals surface area contributed by atoms with Crippen molar-refractivity contribution in [3.05, 3.63) is 0 Å². The molecule has 2 fully saturated rings. The zero-order valence-corrected chi connectivity index (χ0v) is 16.9. The Balaban J connectivity index is 1.65. The van der Waals surface area contributed by atoms with Gasteiger partial charge in [-0.2, -0.15) is 0 Å². The highest BCUT2D eigenvalue weighted by Gasteiger charge is 2.26. The van der Waals surface area contributed by atoms with E-state index in [1.165, 1.54) is 38.5 Å². The standard InChI is InChI=1S/C19H37N3O2S/c1-3-25(23)18-12-8-9-16(15-18)22-19(20-2)21-13-14-24-17-10-6-4-5-7-11-17/h16-18H,3-15H2,1-2H3,(H2,20,21,22). The van der Waals surface area contributed by atoms with E-state index in [-0.39, 0.29) is 0 Å². The van der Waals surface area contributed by atoms with Gasteiger partial charge in [0.25, 0.3) is 0 Å². The molecule has 0 radical (unpaired) electrons. The molecule has 2 rings (SSSR count). The summed E-state index contributed by atoms with van der Waals surface area (Å²) in [6.07, 6.45) is 12.6. The van der Waals surface area contributed by atoms with E-state index in [1.807, 2.05) is 14.0 Å². The molecule has 6 heteroatoms. The van der Waals surface area contributed by atoms with Crippen LogP contribution in [0.5, 0.6) is 0 Å². The molecule has 2 aliphatic rings. The van der Waals surface area contributed by atoms with Crippen molar-refractivity contribution in [1.29, 1.82) is 0 Å². The lowest BCUT2D eigenvalue weighted by molar-refractivity contribution is 0.0468. The van der Waals surface area contributed by atoms with E-state index in [1.54, 1.807) is 0 Å². The van der Waals surface area contributed by atoms with Gasteiger partial charge < -0.3 is 15.4 Å². The van der Waals surface area contributed by atoms with Crippen molar-refractivity contribution in [3.63, 3.8) is 0 Å². The molecular formula is C19H37N3O2S. The van der Waals surface area contributed by atoms with Gasteiger partial charge in [0.1, 0.15) is 0 Å². The molecule has 0 aromatic rings. The zero-order valence-electron chi connectivity index (χ0n) is 16.1. The molecule has 3 unspecified atom stereocenters. The average Bonchev–Trinajstić information content (AvgIpc) is 2.92. The lowest BCUT2D eigenvalue weighted by Gasteiger charge is -2.30. The van der Waals surface area contributed by atoms with E-state index in [9.17, 15) is 4.21 Å². The highest BCUT2D eigenvalue weighted by Crippen LogP contribution is 2.23. The number of nitrogens with zero attached hydrogens (tertiary/aromatic N) is 1. The molecule has 0 aliphatic heterocycles.